The number of carbonyl (C=O) groups excluding carboxylic acids is 3. The van der Waals surface area contributed by atoms with E-state index in [1.807, 2.05) is 69.1 Å². The number of benzene rings is 2. The molecule has 54 heavy (non-hydrogen) atoms. The van der Waals surface area contributed by atoms with Crippen LogP contribution in [0.3, 0.4) is 0 Å². The molecule has 0 unspecified atom stereocenters. The highest BCUT2D eigenvalue weighted by Crippen LogP contribution is 2.39. The minimum atomic E-state index is -2.44. The van der Waals surface area contributed by atoms with Crippen molar-refractivity contribution < 1.29 is 23.5 Å². The molecule has 1 heterocycles. The maximum Gasteiger partial charge on any atom is 0.407 e. The average molecular weight is 763 g/mol. The Morgan fingerprint density at radius 3 is 1.87 bits per heavy atom. The fourth-order valence-corrected chi connectivity index (χ4v) is 8.99. The Bertz CT molecular complexity index is 1460. The van der Waals surface area contributed by atoms with Crippen LogP contribution in [0.15, 0.2) is 60.7 Å². The number of nitrogens with one attached hydrogen (secondary N) is 3. The second-order valence-corrected chi connectivity index (χ2v) is 23.0. The molecule has 3 amide bonds. The minimum absolute atomic E-state index is 0.0471. The second kappa shape index (κ2) is 19.6. The summed E-state index contributed by atoms with van der Waals surface area (Å²) in [6.07, 6.45) is 7.30. The van der Waals surface area contributed by atoms with Crippen LogP contribution in [0.25, 0.3) is 0 Å². The SMILES string of the molecule is CNC1CCN(C(=O)[C@@H](NC(=O)[C@@H](Cc2ccccc2)C[C@@H](O[Si](C)(C)C(C)(C)C)[C@H](Cc2ccccc2)NC(=O)OC(C)(C)C)C2CCCCC2)CC1. The van der Waals surface area contributed by atoms with Gasteiger partial charge in [-0.1, -0.05) is 101 Å². The van der Waals surface area contributed by atoms with Gasteiger partial charge in [0.1, 0.15) is 11.6 Å². The lowest BCUT2D eigenvalue weighted by atomic mass is 9.82. The summed E-state index contributed by atoms with van der Waals surface area (Å²) in [5, 5.41) is 9.84. The van der Waals surface area contributed by atoms with E-state index in [9.17, 15) is 14.4 Å². The molecule has 10 heteroatoms. The van der Waals surface area contributed by atoms with Gasteiger partial charge < -0.3 is 30.0 Å². The van der Waals surface area contributed by atoms with E-state index in [-0.39, 0.29) is 22.8 Å². The number of amides is 3. The zero-order valence-corrected chi connectivity index (χ0v) is 35.7. The zero-order chi connectivity index (χ0) is 39.5. The molecule has 300 valence electrons. The third-order valence-electron chi connectivity index (χ3n) is 11.8. The Labute approximate surface area is 327 Å². The van der Waals surface area contributed by atoms with E-state index in [4.69, 9.17) is 9.16 Å². The number of hydrogen-bond acceptors (Lipinski definition) is 6. The molecule has 0 aromatic heterocycles. The Balaban J connectivity index is 1.72. The third kappa shape index (κ3) is 13.2. The fraction of sp³-hybridized carbons (Fsp3) is 0.659. The molecule has 1 aliphatic heterocycles. The average Bonchev–Trinajstić information content (AvgIpc) is 3.12. The Kier molecular flexibility index (Phi) is 15.8. The van der Waals surface area contributed by atoms with Crippen molar-refractivity contribution in [2.75, 3.05) is 20.1 Å². The molecule has 0 spiro atoms. The van der Waals surface area contributed by atoms with E-state index in [1.54, 1.807) is 0 Å². The second-order valence-electron chi connectivity index (χ2n) is 18.3. The third-order valence-corrected chi connectivity index (χ3v) is 16.3. The van der Waals surface area contributed by atoms with Crippen molar-refractivity contribution in [1.29, 1.82) is 0 Å². The molecular formula is C44H70N4O5Si. The van der Waals surface area contributed by atoms with Crippen LogP contribution in [0.4, 0.5) is 4.79 Å². The quantitative estimate of drug-likeness (QED) is 0.159. The molecule has 2 fully saturated rings. The van der Waals surface area contributed by atoms with Crippen molar-refractivity contribution in [2.24, 2.45) is 11.8 Å². The number of rotatable bonds is 15. The summed E-state index contributed by atoms with van der Waals surface area (Å²) in [4.78, 5) is 44.8. The number of hydrogen-bond donors (Lipinski definition) is 3. The molecular weight excluding hydrogens is 693 g/mol. The largest absolute Gasteiger partial charge is 0.444 e. The van der Waals surface area contributed by atoms with Crippen LogP contribution >= 0.6 is 0 Å². The Morgan fingerprint density at radius 1 is 0.796 bits per heavy atom. The highest BCUT2D eigenvalue weighted by molar-refractivity contribution is 6.74. The number of likely N-dealkylation sites (tertiary alicyclic amines) is 1. The highest BCUT2D eigenvalue weighted by Gasteiger charge is 2.43. The predicted octanol–water partition coefficient (Wildman–Crippen LogP) is 8.04. The van der Waals surface area contributed by atoms with Gasteiger partial charge in [0.15, 0.2) is 8.32 Å². The maximum atomic E-state index is 14.9. The van der Waals surface area contributed by atoms with E-state index in [1.165, 1.54) is 0 Å². The molecule has 4 rings (SSSR count). The summed E-state index contributed by atoms with van der Waals surface area (Å²) >= 11 is 0. The number of alkyl carbamates (subject to hydrolysis) is 1. The summed E-state index contributed by atoms with van der Waals surface area (Å²) in [6, 6.07) is 19.5. The lowest BCUT2D eigenvalue weighted by molar-refractivity contribution is -0.140. The van der Waals surface area contributed by atoms with Gasteiger partial charge in [-0.2, -0.15) is 0 Å². The van der Waals surface area contributed by atoms with Gasteiger partial charge in [0.25, 0.3) is 0 Å². The first-order valence-electron chi connectivity index (χ1n) is 20.5. The summed E-state index contributed by atoms with van der Waals surface area (Å²) in [5.41, 5.74) is 1.41. The summed E-state index contributed by atoms with van der Waals surface area (Å²) in [5.74, 6) is -0.498. The van der Waals surface area contributed by atoms with Crippen molar-refractivity contribution in [3.05, 3.63) is 71.8 Å². The van der Waals surface area contributed by atoms with Gasteiger partial charge in [0, 0.05) is 25.0 Å². The van der Waals surface area contributed by atoms with E-state index < -0.39 is 44.1 Å². The summed E-state index contributed by atoms with van der Waals surface area (Å²) in [6.45, 7) is 18.0. The summed E-state index contributed by atoms with van der Waals surface area (Å²) < 4.78 is 13.1. The van der Waals surface area contributed by atoms with Crippen LogP contribution in [-0.4, -0.2) is 81.1 Å². The van der Waals surface area contributed by atoms with E-state index in [0.29, 0.717) is 38.4 Å². The number of ether oxygens (including phenoxy) is 1. The minimum Gasteiger partial charge on any atom is -0.444 e. The van der Waals surface area contributed by atoms with Crippen molar-refractivity contribution in [3.63, 3.8) is 0 Å². The lowest BCUT2D eigenvalue weighted by Crippen LogP contribution is -2.57. The van der Waals surface area contributed by atoms with Gasteiger partial charge in [-0.05, 0) is 108 Å². The smallest absolute Gasteiger partial charge is 0.407 e. The molecule has 3 N–H and O–H groups in total. The van der Waals surface area contributed by atoms with Crippen LogP contribution in [0.2, 0.25) is 18.1 Å². The molecule has 1 saturated carbocycles. The van der Waals surface area contributed by atoms with Crippen LogP contribution < -0.4 is 16.0 Å². The van der Waals surface area contributed by atoms with Crippen LogP contribution in [0.5, 0.6) is 0 Å². The van der Waals surface area contributed by atoms with Gasteiger partial charge in [-0.15, -0.1) is 0 Å². The molecule has 2 aromatic rings. The maximum absolute atomic E-state index is 14.9. The van der Waals surface area contributed by atoms with Crippen molar-refractivity contribution >= 4 is 26.2 Å². The normalized spacial score (nSPS) is 18.6. The molecule has 9 nitrogen and oxygen atoms in total. The van der Waals surface area contributed by atoms with Crippen LogP contribution in [0.1, 0.15) is 104 Å². The van der Waals surface area contributed by atoms with Crippen LogP contribution in [-0.2, 0) is 31.6 Å². The topological polar surface area (TPSA) is 109 Å². The van der Waals surface area contributed by atoms with Gasteiger partial charge in [-0.3, -0.25) is 9.59 Å². The number of carbonyl (C=O) groups is 3. The Morgan fingerprint density at radius 2 is 1.35 bits per heavy atom. The van der Waals surface area contributed by atoms with Gasteiger partial charge >= 0.3 is 6.09 Å². The first-order valence-corrected chi connectivity index (χ1v) is 23.4. The molecule has 2 aromatic carbocycles. The molecule has 0 radical (unpaired) electrons. The number of piperidine rings is 1. The van der Waals surface area contributed by atoms with Crippen LogP contribution in [0, 0.1) is 11.8 Å². The van der Waals surface area contributed by atoms with E-state index in [0.717, 1.165) is 56.1 Å². The van der Waals surface area contributed by atoms with E-state index >= 15 is 0 Å². The predicted molar refractivity (Wildman–Crippen MR) is 221 cm³/mol. The molecule has 1 saturated heterocycles. The van der Waals surface area contributed by atoms with Crippen molar-refractivity contribution in [3.8, 4) is 0 Å². The first-order chi connectivity index (χ1) is 25.5. The van der Waals surface area contributed by atoms with Crippen molar-refractivity contribution in [1.82, 2.24) is 20.9 Å². The molecule has 4 atom stereocenters. The first kappa shape index (κ1) is 43.5. The molecule has 2 aliphatic rings. The number of nitrogens with zero attached hydrogens (tertiary/aromatic N) is 1. The Hall–Kier alpha value is -3.21. The van der Waals surface area contributed by atoms with Gasteiger partial charge in [0.2, 0.25) is 11.8 Å². The van der Waals surface area contributed by atoms with Gasteiger partial charge in [0.05, 0.1) is 12.1 Å². The zero-order valence-electron chi connectivity index (χ0n) is 34.7. The van der Waals surface area contributed by atoms with E-state index in [2.05, 4.69) is 74.1 Å². The monoisotopic (exact) mass is 763 g/mol. The lowest BCUT2D eigenvalue weighted by Gasteiger charge is -2.43. The van der Waals surface area contributed by atoms with Crippen molar-refractivity contribution in [2.45, 2.75) is 154 Å². The summed E-state index contributed by atoms with van der Waals surface area (Å²) in [7, 11) is -0.456. The molecule has 1 aliphatic carbocycles. The molecule has 0 bridgehead atoms. The highest BCUT2D eigenvalue weighted by atomic mass is 28.4. The van der Waals surface area contributed by atoms with Gasteiger partial charge in [-0.25, -0.2) is 4.79 Å². The fourth-order valence-electron chi connectivity index (χ4n) is 7.62. The standard InChI is InChI=1S/C44H70N4O5Si/c1-43(2,3)52-42(51)46-37(30-33-21-15-11-16-22-33)38(53-54(8,9)44(4,5)6)31-35(29-32-19-13-10-14-20-32)40(49)47-39(34-23-17-12-18-24-34)41(50)48-27-25-36(45-7)26-28-48/h10-11,13-16,19-22,34-39,45H,12,17-18,23-31H2,1-9H3,(H,46,51)(H,47,49)/t35-,37-,38+,39-/m0/s1.